The minimum Gasteiger partial charge on any atom is -0.497 e. The summed E-state index contributed by atoms with van der Waals surface area (Å²) in [6, 6.07) is 14.1. The van der Waals surface area contributed by atoms with Crippen LogP contribution in [0, 0.1) is 0 Å². The molecule has 5 rings (SSSR count). The highest BCUT2D eigenvalue weighted by atomic mass is 35.5. The summed E-state index contributed by atoms with van der Waals surface area (Å²) in [5, 5.41) is 9.27. The molecule has 2 amide bonds. The molecule has 0 unspecified atom stereocenters. The normalized spacial score (nSPS) is 19.1. The fraction of sp³-hybridized carbons (Fsp3) is 0.345. The van der Waals surface area contributed by atoms with E-state index in [4.69, 9.17) is 26.1 Å². The number of rotatable bonds is 9. The number of fused-ring (bicyclic) bond motifs is 1. The summed E-state index contributed by atoms with van der Waals surface area (Å²) in [6.07, 6.45) is 0.165. The number of aliphatic imine (C=N–C) groups is 1. The summed E-state index contributed by atoms with van der Waals surface area (Å²) >= 11 is 7.85. The average Bonchev–Trinajstić information content (AvgIpc) is 3.34. The molecule has 11 heteroatoms. The second-order valence-corrected chi connectivity index (χ2v) is 10.9. The average molecular weight is 582 g/mol. The molecule has 0 aliphatic carbocycles. The van der Waals surface area contributed by atoms with E-state index in [0.29, 0.717) is 34.3 Å². The number of allylic oxidation sites excluding steroid dienone is 1. The Labute approximate surface area is 243 Å². The predicted octanol–water partition coefficient (Wildman–Crippen LogP) is 4.40. The van der Waals surface area contributed by atoms with E-state index in [1.54, 1.807) is 37.4 Å². The molecule has 1 saturated heterocycles. The number of carbonyl (C=O) groups excluding carboxylic acids is 2. The van der Waals surface area contributed by atoms with Crippen molar-refractivity contribution in [1.82, 2.24) is 15.1 Å². The Hall–Kier alpha value is -3.31. The van der Waals surface area contributed by atoms with E-state index >= 15 is 0 Å². The number of anilines is 1. The summed E-state index contributed by atoms with van der Waals surface area (Å²) in [7, 11) is 1.60. The van der Waals surface area contributed by atoms with Gasteiger partial charge in [0.2, 0.25) is 5.91 Å². The first kappa shape index (κ1) is 28.2. The number of amides is 2. The highest BCUT2D eigenvalue weighted by molar-refractivity contribution is 8.16. The molecule has 3 aliphatic rings. The summed E-state index contributed by atoms with van der Waals surface area (Å²) in [5.41, 5.74) is 3.35. The van der Waals surface area contributed by atoms with E-state index in [-0.39, 0.29) is 18.2 Å². The first-order valence-electron chi connectivity index (χ1n) is 13.1. The molecule has 3 heterocycles. The van der Waals surface area contributed by atoms with E-state index in [9.17, 15) is 9.59 Å². The number of thioether (sulfide) groups is 1. The number of halogens is 1. The van der Waals surface area contributed by atoms with Crippen molar-refractivity contribution in [3.05, 3.63) is 81.5 Å². The minimum absolute atomic E-state index is 0.0817. The monoisotopic (exact) mass is 581 g/mol. The van der Waals surface area contributed by atoms with Crippen LogP contribution >= 0.6 is 23.4 Å². The Morgan fingerprint density at radius 2 is 1.95 bits per heavy atom. The van der Waals surface area contributed by atoms with Crippen LogP contribution in [-0.4, -0.2) is 73.3 Å². The van der Waals surface area contributed by atoms with Gasteiger partial charge in [0.05, 0.1) is 44.1 Å². The largest absolute Gasteiger partial charge is 0.497 e. The van der Waals surface area contributed by atoms with Crippen LogP contribution in [0.4, 0.5) is 5.69 Å². The highest BCUT2D eigenvalue weighted by Gasteiger charge is 2.40. The quantitative estimate of drug-likeness (QED) is 0.453. The van der Waals surface area contributed by atoms with Crippen molar-refractivity contribution in [1.29, 1.82) is 0 Å². The molecule has 0 bridgehead atoms. The van der Waals surface area contributed by atoms with Crippen molar-refractivity contribution in [2.24, 2.45) is 4.99 Å². The number of hydrogen-bond donors (Lipinski definition) is 2. The van der Waals surface area contributed by atoms with Crippen molar-refractivity contribution < 1.29 is 19.1 Å². The summed E-state index contributed by atoms with van der Waals surface area (Å²) in [6.45, 7) is 6.37. The third kappa shape index (κ3) is 6.52. The third-order valence-corrected chi connectivity index (χ3v) is 8.08. The molecular weight excluding hydrogens is 550 g/mol. The number of methoxy groups -OCH3 is 1. The standard InChI is InChI=1S/C29H32ClN5O4S/c1-19-26(28(37)33-22-6-8-24(38-2)9-7-22)27(20-4-3-5-21(30)16-20)35-23(18-40-29(35)32-19)17-25(36)31-10-11-34-12-14-39-15-13-34/h3-9,16,18,27H,10-15,17H2,1-2H3,(H,31,36)(H,33,37)/t27-/m0/s1. The first-order valence-corrected chi connectivity index (χ1v) is 14.4. The summed E-state index contributed by atoms with van der Waals surface area (Å²) in [4.78, 5) is 35.8. The first-order chi connectivity index (χ1) is 19.4. The predicted molar refractivity (Wildman–Crippen MR) is 158 cm³/mol. The van der Waals surface area contributed by atoms with Crippen molar-refractivity contribution in [2.45, 2.75) is 19.4 Å². The van der Waals surface area contributed by atoms with Gasteiger partial charge in [-0.2, -0.15) is 0 Å². The number of nitrogens with one attached hydrogen (secondary N) is 2. The van der Waals surface area contributed by atoms with Gasteiger partial charge in [0, 0.05) is 42.6 Å². The molecule has 0 spiro atoms. The van der Waals surface area contributed by atoms with Gasteiger partial charge < -0.3 is 25.0 Å². The lowest BCUT2D eigenvalue weighted by molar-refractivity contribution is -0.120. The molecule has 2 aromatic rings. The molecule has 3 aliphatic heterocycles. The van der Waals surface area contributed by atoms with E-state index in [1.165, 1.54) is 11.8 Å². The number of amidine groups is 1. The molecule has 9 nitrogen and oxygen atoms in total. The van der Waals surface area contributed by atoms with Crippen LogP contribution in [0.5, 0.6) is 5.75 Å². The van der Waals surface area contributed by atoms with Crippen LogP contribution in [0.1, 0.15) is 24.9 Å². The number of benzene rings is 2. The number of morpholine rings is 1. The van der Waals surface area contributed by atoms with Gasteiger partial charge >= 0.3 is 0 Å². The van der Waals surface area contributed by atoms with Crippen LogP contribution in [0.2, 0.25) is 5.02 Å². The lowest BCUT2D eigenvalue weighted by Gasteiger charge is -2.36. The Balaban J connectivity index is 1.36. The van der Waals surface area contributed by atoms with Crippen molar-refractivity contribution in [3.63, 3.8) is 0 Å². The Morgan fingerprint density at radius 3 is 2.67 bits per heavy atom. The topological polar surface area (TPSA) is 95.5 Å². The smallest absolute Gasteiger partial charge is 0.255 e. The van der Waals surface area contributed by atoms with Gasteiger partial charge in [-0.25, -0.2) is 4.99 Å². The fourth-order valence-electron chi connectivity index (χ4n) is 4.93. The Kier molecular flexibility index (Phi) is 9.11. The van der Waals surface area contributed by atoms with Crippen LogP contribution in [0.25, 0.3) is 0 Å². The SMILES string of the molecule is COc1ccc(NC(=O)C2=C(C)N=C3SC=C(CC(=O)NCCN4CCOCC4)N3[C@H]2c2cccc(Cl)c2)cc1. The second-order valence-electron chi connectivity index (χ2n) is 9.61. The van der Waals surface area contributed by atoms with E-state index in [0.717, 1.165) is 49.3 Å². The van der Waals surface area contributed by atoms with Gasteiger partial charge in [-0.3, -0.25) is 14.5 Å². The molecule has 210 valence electrons. The zero-order chi connectivity index (χ0) is 28.1. The number of ether oxygens (including phenoxy) is 2. The van der Waals surface area contributed by atoms with Crippen LogP contribution < -0.4 is 15.4 Å². The van der Waals surface area contributed by atoms with Gasteiger partial charge in [0.25, 0.3) is 5.91 Å². The van der Waals surface area contributed by atoms with E-state index < -0.39 is 6.04 Å². The lowest BCUT2D eigenvalue weighted by atomic mass is 9.93. The molecular formula is C29H32ClN5O4S. The summed E-state index contributed by atoms with van der Waals surface area (Å²) < 4.78 is 10.6. The van der Waals surface area contributed by atoms with Gasteiger partial charge in [-0.05, 0) is 54.3 Å². The molecule has 1 atom stereocenters. The zero-order valence-electron chi connectivity index (χ0n) is 22.5. The van der Waals surface area contributed by atoms with Gasteiger partial charge in [-0.15, -0.1) is 0 Å². The van der Waals surface area contributed by atoms with E-state index in [2.05, 4.69) is 15.5 Å². The molecule has 2 N–H and O–H groups in total. The summed E-state index contributed by atoms with van der Waals surface area (Å²) in [5.74, 6) is 0.340. The van der Waals surface area contributed by atoms with Gasteiger partial charge in [-0.1, -0.05) is 35.5 Å². The Bertz CT molecular complexity index is 1350. The molecule has 1 fully saturated rings. The Morgan fingerprint density at radius 1 is 1.18 bits per heavy atom. The van der Waals surface area contributed by atoms with Crippen molar-refractivity contribution >= 4 is 46.0 Å². The van der Waals surface area contributed by atoms with Crippen LogP contribution in [0.3, 0.4) is 0 Å². The molecule has 0 saturated carbocycles. The lowest BCUT2D eigenvalue weighted by Crippen LogP contribution is -2.42. The van der Waals surface area contributed by atoms with Crippen molar-refractivity contribution in [2.75, 3.05) is 51.8 Å². The fourth-order valence-corrected chi connectivity index (χ4v) is 6.09. The third-order valence-electron chi connectivity index (χ3n) is 6.95. The minimum atomic E-state index is -0.508. The maximum absolute atomic E-state index is 13.8. The maximum atomic E-state index is 13.8. The number of carbonyl (C=O) groups is 2. The molecule has 0 aromatic heterocycles. The number of nitrogens with zero attached hydrogens (tertiary/aromatic N) is 3. The molecule has 0 radical (unpaired) electrons. The zero-order valence-corrected chi connectivity index (χ0v) is 24.1. The van der Waals surface area contributed by atoms with Gasteiger partial charge in [0.1, 0.15) is 5.75 Å². The van der Waals surface area contributed by atoms with Crippen molar-refractivity contribution in [3.8, 4) is 5.75 Å². The van der Waals surface area contributed by atoms with Crippen LogP contribution in [0.15, 0.2) is 75.9 Å². The second kappa shape index (κ2) is 12.9. The number of hydrogen-bond acceptors (Lipinski definition) is 8. The van der Waals surface area contributed by atoms with E-state index in [1.807, 2.05) is 35.4 Å². The van der Waals surface area contributed by atoms with Crippen LogP contribution in [-0.2, 0) is 14.3 Å². The maximum Gasteiger partial charge on any atom is 0.255 e. The molecule has 40 heavy (non-hydrogen) atoms. The van der Waals surface area contributed by atoms with Gasteiger partial charge in [0.15, 0.2) is 5.17 Å². The molecule has 2 aromatic carbocycles. The highest BCUT2D eigenvalue weighted by Crippen LogP contribution is 2.45.